The number of halogens is 2. The maximum atomic E-state index is 12.4. The standard InChI is InChI=1S/C54H96N2O10.2ClH/c1-3-5-7-27-37-49(65-53(61)43-31-41-51(59)63-45-55)39-29-19-15-11-9-13-17-23-33-47(57)35-25-21-22-26-36-48(58)34-24-18-14-10-12-16-20-30-40-50(38-28-8-6-4-2)66-54(62)44-32-42-52(60)64-46-56;;/h19-20,29-30,49-50H,3-18,21-28,31-46,55-56H2,1-2H3;2*1H/p-2/b29-19-,30-20-;;. The Morgan fingerprint density at radius 2 is 0.676 bits per heavy atom. The van der Waals surface area contributed by atoms with Crippen LogP contribution in [0.5, 0.6) is 0 Å². The zero-order valence-electron chi connectivity index (χ0n) is 42.7. The van der Waals surface area contributed by atoms with Crippen LogP contribution in [0.15, 0.2) is 24.3 Å². The van der Waals surface area contributed by atoms with Gasteiger partial charge in [-0.2, -0.15) is 0 Å². The van der Waals surface area contributed by atoms with Gasteiger partial charge in [0.1, 0.15) is 37.2 Å². The van der Waals surface area contributed by atoms with Crippen molar-refractivity contribution >= 4 is 35.4 Å². The molecule has 4 N–H and O–H groups in total. The second-order valence-corrected chi connectivity index (χ2v) is 18.0. The molecule has 0 aromatic carbocycles. The molecule has 0 saturated heterocycles. The zero-order chi connectivity index (χ0) is 48.6. The topological polar surface area (TPSA) is 191 Å². The number of carbonyl (C=O) groups is 6. The lowest BCUT2D eigenvalue weighted by Gasteiger charge is -2.16. The highest BCUT2D eigenvalue weighted by atomic mass is 35.5. The second kappa shape index (κ2) is 53.5. The summed E-state index contributed by atoms with van der Waals surface area (Å²) < 4.78 is 20.9. The molecule has 0 rings (SSSR count). The van der Waals surface area contributed by atoms with Crippen LogP contribution in [0, 0.1) is 0 Å². The highest BCUT2D eigenvalue weighted by Crippen LogP contribution is 2.18. The smallest absolute Gasteiger partial charge is 0.307 e. The first-order valence-electron chi connectivity index (χ1n) is 26.6. The van der Waals surface area contributed by atoms with Gasteiger partial charge in [-0.05, 0) is 89.9 Å². The van der Waals surface area contributed by atoms with Crippen molar-refractivity contribution in [2.75, 3.05) is 13.5 Å². The Morgan fingerprint density at radius 3 is 1.01 bits per heavy atom. The predicted molar refractivity (Wildman–Crippen MR) is 265 cm³/mol. The van der Waals surface area contributed by atoms with Crippen molar-refractivity contribution in [3.63, 3.8) is 0 Å². The van der Waals surface area contributed by atoms with Crippen molar-refractivity contribution in [2.24, 2.45) is 11.5 Å². The monoisotopic (exact) mass is 1000 g/mol. The van der Waals surface area contributed by atoms with Crippen molar-refractivity contribution in [1.82, 2.24) is 0 Å². The Bertz CT molecular complexity index is 1200. The molecular formula is C54H96Cl2N2O10-2. The van der Waals surface area contributed by atoms with Crippen molar-refractivity contribution in [2.45, 2.75) is 270 Å². The Morgan fingerprint density at radius 1 is 0.368 bits per heavy atom. The number of carbonyl (C=O) groups excluding carboxylic acids is 6. The average Bonchev–Trinajstić information content (AvgIpc) is 3.28. The molecule has 14 heteroatoms. The van der Waals surface area contributed by atoms with Crippen LogP contribution in [0.3, 0.4) is 0 Å². The number of nitrogens with two attached hydrogens (primary N) is 2. The molecule has 0 amide bonds. The quantitative estimate of drug-likeness (QED) is 0.0212. The SMILES string of the molecule is CCCCCCC(C/C=C\CCCCCCCC(=O)CCCCCCC(=O)CCCCCCC/C=C\CC(CCCCCC)OC(=O)CCCC(=O)OCN)OC(=O)CCCC(=O)OCN.[Cl-].[Cl-]. The third-order valence-corrected chi connectivity index (χ3v) is 11.8. The van der Waals surface area contributed by atoms with Crippen LogP contribution < -0.4 is 36.3 Å². The summed E-state index contributed by atoms with van der Waals surface area (Å²) in [5.74, 6) is -0.593. The summed E-state index contributed by atoms with van der Waals surface area (Å²) in [6.45, 7) is 4.07. The van der Waals surface area contributed by atoms with Gasteiger partial charge in [0.05, 0.1) is 0 Å². The fourth-order valence-electron chi connectivity index (χ4n) is 7.83. The third kappa shape index (κ3) is 49.6. The van der Waals surface area contributed by atoms with Crippen LogP contribution in [0.4, 0.5) is 0 Å². The highest BCUT2D eigenvalue weighted by Gasteiger charge is 2.16. The number of ether oxygens (including phenoxy) is 4. The van der Waals surface area contributed by atoms with Crippen LogP contribution in [0.1, 0.15) is 258 Å². The van der Waals surface area contributed by atoms with E-state index in [4.69, 9.17) is 30.4 Å². The summed E-state index contributed by atoms with van der Waals surface area (Å²) in [5.41, 5.74) is 10.4. The van der Waals surface area contributed by atoms with Gasteiger partial charge in [-0.1, -0.05) is 128 Å². The molecule has 12 nitrogen and oxygen atoms in total. The van der Waals surface area contributed by atoms with Crippen LogP contribution in [0.25, 0.3) is 0 Å². The Balaban J connectivity index is -0.0000211. The van der Waals surface area contributed by atoms with Gasteiger partial charge in [0.25, 0.3) is 0 Å². The van der Waals surface area contributed by atoms with Crippen LogP contribution in [-0.4, -0.2) is 61.1 Å². The summed E-state index contributed by atoms with van der Waals surface area (Å²) >= 11 is 0. The minimum Gasteiger partial charge on any atom is -1.00 e. The van der Waals surface area contributed by atoms with Crippen molar-refractivity contribution in [3.05, 3.63) is 24.3 Å². The fraction of sp³-hybridized carbons (Fsp3) is 0.815. The van der Waals surface area contributed by atoms with Crippen LogP contribution in [0.2, 0.25) is 0 Å². The average molecular weight is 1000 g/mol. The molecule has 0 aliphatic heterocycles. The molecule has 2 unspecified atom stereocenters. The summed E-state index contributed by atoms with van der Waals surface area (Å²) in [6, 6.07) is 0. The molecule has 0 bridgehead atoms. The molecule has 2 atom stereocenters. The molecular weight excluding hydrogens is 908 g/mol. The first kappa shape index (κ1) is 69.5. The lowest BCUT2D eigenvalue weighted by Crippen LogP contribution is -3.00. The van der Waals surface area contributed by atoms with E-state index < -0.39 is 11.9 Å². The van der Waals surface area contributed by atoms with Crippen LogP contribution in [-0.2, 0) is 47.7 Å². The lowest BCUT2D eigenvalue weighted by molar-refractivity contribution is -0.151. The summed E-state index contributed by atoms with van der Waals surface area (Å²) in [5, 5.41) is 0. The first-order chi connectivity index (χ1) is 32.1. The molecule has 68 heavy (non-hydrogen) atoms. The molecule has 0 aromatic rings. The van der Waals surface area contributed by atoms with Gasteiger partial charge in [0, 0.05) is 64.2 Å². The van der Waals surface area contributed by atoms with Gasteiger partial charge < -0.3 is 43.8 Å². The van der Waals surface area contributed by atoms with Gasteiger partial charge >= 0.3 is 23.9 Å². The molecule has 0 aromatic heterocycles. The highest BCUT2D eigenvalue weighted by molar-refractivity contribution is 5.78. The van der Waals surface area contributed by atoms with Gasteiger partial charge in [0.15, 0.2) is 0 Å². The molecule has 0 spiro atoms. The Kier molecular flexibility index (Phi) is 54.7. The van der Waals surface area contributed by atoms with Crippen LogP contribution >= 0.6 is 0 Å². The number of ketones is 2. The van der Waals surface area contributed by atoms with E-state index in [2.05, 4.69) is 38.2 Å². The number of rotatable bonds is 49. The van der Waals surface area contributed by atoms with Crippen molar-refractivity contribution < 1.29 is 72.5 Å². The third-order valence-electron chi connectivity index (χ3n) is 11.8. The molecule has 0 aliphatic carbocycles. The van der Waals surface area contributed by atoms with E-state index in [-0.39, 0.29) is 88.1 Å². The number of hydrogen-bond acceptors (Lipinski definition) is 12. The zero-order valence-corrected chi connectivity index (χ0v) is 44.3. The number of hydrogen-bond donors (Lipinski definition) is 2. The van der Waals surface area contributed by atoms with Gasteiger partial charge in [-0.15, -0.1) is 0 Å². The molecule has 0 aliphatic rings. The van der Waals surface area contributed by atoms with E-state index in [0.717, 1.165) is 154 Å². The van der Waals surface area contributed by atoms with E-state index in [1.807, 2.05) is 0 Å². The van der Waals surface area contributed by atoms with Gasteiger partial charge in [-0.25, -0.2) is 0 Å². The number of unbranched alkanes of at least 4 members (excludes halogenated alkanes) is 19. The molecule has 398 valence electrons. The van der Waals surface area contributed by atoms with Crippen molar-refractivity contribution in [1.29, 1.82) is 0 Å². The van der Waals surface area contributed by atoms with Gasteiger partial charge in [-0.3, -0.25) is 40.2 Å². The number of esters is 4. The van der Waals surface area contributed by atoms with Crippen molar-refractivity contribution in [3.8, 4) is 0 Å². The summed E-state index contributed by atoms with van der Waals surface area (Å²) in [6.07, 6.45) is 41.4. The fourth-order valence-corrected chi connectivity index (χ4v) is 7.83. The Labute approximate surface area is 425 Å². The normalized spacial score (nSPS) is 12.0. The van der Waals surface area contributed by atoms with E-state index in [1.54, 1.807) is 0 Å². The molecule has 0 saturated carbocycles. The number of allylic oxidation sites excluding steroid dienone is 2. The first-order valence-corrected chi connectivity index (χ1v) is 26.6. The maximum Gasteiger partial charge on any atom is 0.307 e. The summed E-state index contributed by atoms with van der Waals surface area (Å²) in [4.78, 5) is 72.4. The molecule has 0 heterocycles. The molecule has 0 radical (unpaired) electrons. The maximum absolute atomic E-state index is 12.4. The largest absolute Gasteiger partial charge is 1.00 e. The van der Waals surface area contributed by atoms with E-state index >= 15 is 0 Å². The second-order valence-electron chi connectivity index (χ2n) is 18.0. The van der Waals surface area contributed by atoms with E-state index in [9.17, 15) is 28.8 Å². The Hall–Kier alpha value is -2.80. The number of Topliss-reactive ketones (excluding diaryl/α,β-unsaturated/α-hetero) is 2. The summed E-state index contributed by atoms with van der Waals surface area (Å²) in [7, 11) is 0. The van der Waals surface area contributed by atoms with E-state index in [1.165, 1.54) is 12.8 Å². The molecule has 0 fully saturated rings. The van der Waals surface area contributed by atoms with Gasteiger partial charge in [0.2, 0.25) is 0 Å². The predicted octanol–water partition coefficient (Wildman–Crippen LogP) is 6.85. The van der Waals surface area contributed by atoms with E-state index in [0.29, 0.717) is 62.9 Å². The minimum absolute atomic E-state index is 0. The minimum atomic E-state index is -0.394. The lowest BCUT2D eigenvalue weighted by atomic mass is 10.0.